The molecule has 0 heterocycles. The lowest BCUT2D eigenvalue weighted by Gasteiger charge is -2.13. The fraction of sp³-hybridized carbons (Fsp3) is 0.0526. The zero-order valence-corrected chi connectivity index (χ0v) is 13.9. The van der Waals surface area contributed by atoms with Crippen LogP contribution in [0.4, 0.5) is 5.69 Å². The number of hydrogen-bond acceptors (Lipinski definition) is 4. The van der Waals surface area contributed by atoms with Crippen molar-refractivity contribution >= 4 is 18.3 Å². The molecular weight excluding hydrogens is 322 g/mol. The van der Waals surface area contributed by atoms with Gasteiger partial charge in [-0.15, -0.1) is 12.6 Å². The second-order valence-corrected chi connectivity index (χ2v) is 5.68. The van der Waals surface area contributed by atoms with Crippen molar-refractivity contribution in [1.29, 1.82) is 0 Å². The van der Waals surface area contributed by atoms with Crippen LogP contribution in [0.2, 0.25) is 0 Å². The summed E-state index contributed by atoms with van der Waals surface area (Å²) < 4.78 is 5.19. The maximum Gasteiger partial charge on any atom is 0.277 e. The Morgan fingerprint density at radius 3 is 2.25 bits per heavy atom. The second kappa shape index (κ2) is 6.76. The fourth-order valence-electron chi connectivity index (χ4n) is 2.68. The van der Waals surface area contributed by atoms with E-state index in [2.05, 4.69) is 12.6 Å². The largest absolute Gasteiger partial charge is 0.497 e. The number of thiol groups is 1. The SMILES string of the molecule is COc1ccc(-c2cccc(S)c2-c2ccccc2[N+](=O)[O-])cc1. The van der Waals surface area contributed by atoms with E-state index in [1.54, 1.807) is 25.3 Å². The molecule has 0 saturated heterocycles. The van der Waals surface area contributed by atoms with Gasteiger partial charge in [0, 0.05) is 16.5 Å². The Morgan fingerprint density at radius 1 is 0.917 bits per heavy atom. The van der Waals surface area contributed by atoms with Gasteiger partial charge in [-0.3, -0.25) is 10.1 Å². The van der Waals surface area contributed by atoms with Crippen LogP contribution in [0, 0.1) is 10.1 Å². The van der Waals surface area contributed by atoms with Gasteiger partial charge < -0.3 is 4.74 Å². The predicted molar refractivity (Wildman–Crippen MR) is 97.8 cm³/mol. The summed E-state index contributed by atoms with van der Waals surface area (Å²) in [6.07, 6.45) is 0. The molecule has 4 nitrogen and oxygen atoms in total. The summed E-state index contributed by atoms with van der Waals surface area (Å²) >= 11 is 4.54. The first-order valence-electron chi connectivity index (χ1n) is 7.32. The summed E-state index contributed by atoms with van der Waals surface area (Å²) in [5.74, 6) is 0.757. The van der Waals surface area contributed by atoms with Crippen molar-refractivity contribution in [2.45, 2.75) is 4.90 Å². The number of ether oxygens (including phenoxy) is 1. The van der Waals surface area contributed by atoms with E-state index in [0.29, 0.717) is 10.5 Å². The minimum absolute atomic E-state index is 0.0637. The molecule has 0 radical (unpaired) electrons. The topological polar surface area (TPSA) is 52.4 Å². The maximum atomic E-state index is 11.4. The molecule has 0 aliphatic carbocycles. The molecular formula is C19H15NO3S. The molecule has 0 aromatic heterocycles. The van der Waals surface area contributed by atoms with Crippen LogP contribution in [0.1, 0.15) is 0 Å². The molecule has 0 amide bonds. The summed E-state index contributed by atoms with van der Waals surface area (Å²) in [6.45, 7) is 0. The van der Waals surface area contributed by atoms with Gasteiger partial charge >= 0.3 is 0 Å². The van der Waals surface area contributed by atoms with E-state index in [1.165, 1.54) is 6.07 Å². The van der Waals surface area contributed by atoms with Crippen LogP contribution in [0.3, 0.4) is 0 Å². The summed E-state index contributed by atoms with van der Waals surface area (Å²) in [5.41, 5.74) is 3.20. The Hall–Kier alpha value is -2.79. The zero-order chi connectivity index (χ0) is 17.1. The van der Waals surface area contributed by atoms with E-state index < -0.39 is 0 Å². The summed E-state index contributed by atoms with van der Waals surface area (Å²) in [6, 6.07) is 20.0. The highest BCUT2D eigenvalue weighted by Gasteiger charge is 2.19. The van der Waals surface area contributed by atoms with Gasteiger partial charge in [0.05, 0.1) is 17.6 Å². The van der Waals surface area contributed by atoms with Crippen LogP contribution < -0.4 is 4.74 Å². The van der Waals surface area contributed by atoms with Crippen LogP contribution in [-0.4, -0.2) is 12.0 Å². The van der Waals surface area contributed by atoms with Crippen LogP contribution in [0.5, 0.6) is 5.75 Å². The van der Waals surface area contributed by atoms with Crippen LogP contribution in [0.15, 0.2) is 71.6 Å². The lowest BCUT2D eigenvalue weighted by Crippen LogP contribution is -1.94. The zero-order valence-electron chi connectivity index (χ0n) is 13.0. The van der Waals surface area contributed by atoms with Crippen LogP contribution in [0.25, 0.3) is 22.3 Å². The number of hydrogen-bond donors (Lipinski definition) is 1. The van der Waals surface area contributed by atoms with Crippen molar-refractivity contribution in [3.05, 3.63) is 76.8 Å². The van der Waals surface area contributed by atoms with Crippen molar-refractivity contribution in [2.24, 2.45) is 0 Å². The summed E-state index contributed by atoms with van der Waals surface area (Å²) in [5, 5.41) is 11.4. The van der Waals surface area contributed by atoms with Gasteiger partial charge in [-0.05, 0) is 35.4 Å². The third-order valence-electron chi connectivity index (χ3n) is 3.81. The predicted octanol–water partition coefficient (Wildman–Crippen LogP) is 5.23. The van der Waals surface area contributed by atoms with Crippen molar-refractivity contribution in [3.63, 3.8) is 0 Å². The molecule has 0 saturated carbocycles. The van der Waals surface area contributed by atoms with E-state index in [1.807, 2.05) is 42.5 Å². The fourth-order valence-corrected chi connectivity index (χ4v) is 3.01. The number of para-hydroxylation sites is 1. The molecule has 3 aromatic carbocycles. The molecule has 0 N–H and O–H groups in total. The lowest BCUT2D eigenvalue weighted by atomic mass is 9.93. The van der Waals surface area contributed by atoms with E-state index in [-0.39, 0.29) is 10.6 Å². The molecule has 0 spiro atoms. The third kappa shape index (κ3) is 2.98. The Balaban J connectivity index is 2.24. The van der Waals surface area contributed by atoms with E-state index in [0.717, 1.165) is 22.4 Å². The van der Waals surface area contributed by atoms with Crippen molar-refractivity contribution in [2.75, 3.05) is 7.11 Å². The van der Waals surface area contributed by atoms with E-state index in [4.69, 9.17) is 4.74 Å². The Bertz CT molecular complexity index is 891. The molecule has 0 fully saturated rings. The monoisotopic (exact) mass is 337 g/mol. The number of rotatable bonds is 4. The Morgan fingerprint density at radius 2 is 1.58 bits per heavy atom. The first kappa shape index (κ1) is 16.1. The van der Waals surface area contributed by atoms with Crippen LogP contribution in [-0.2, 0) is 0 Å². The van der Waals surface area contributed by atoms with Gasteiger partial charge in [-0.1, -0.05) is 36.4 Å². The highest BCUT2D eigenvalue weighted by atomic mass is 32.1. The molecule has 0 aliphatic rings. The van der Waals surface area contributed by atoms with Crippen molar-refractivity contribution in [1.82, 2.24) is 0 Å². The van der Waals surface area contributed by atoms with Crippen LogP contribution >= 0.6 is 12.6 Å². The standard InChI is InChI=1S/C19H15NO3S/c1-23-14-11-9-13(10-12-14)15-6-4-8-18(24)19(15)16-5-2-3-7-17(16)20(21)22/h2-12,24H,1H3. The van der Waals surface area contributed by atoms with E-state index >= 15 is 0 Å². The molecule has 3 aromatic rings. The number of nitro benzene ring substituents is 1. The number of nitro groups is 1. The molecule has 24 heavy (non-hydrogen) atoms. The first-order chi connectivity index (χ1) is 11.6. The first-order valence-corrected chi connectivity index (χ1v) is 7.76. The Labute approximate surface area is 145 Å². The number of benzene rings is 3. The lowest BCUT2D eigenvalue weighted by molar-refractivity contribution is -0.384. The minimum atomic E-state index is -0.368. The number of nitrogens with zero attached hydrogens (tertiary/aromatic N) is 1. The van der Waals surface area contributed by atoms with Gasteiger partial charge in [0.15, 0.2) is 0 Å². The average Bonchev–Trinajstić information content (AvgIpc) is 2.61. The van der Waals surface area contributed by atoms with Gasteiger partial charge in [0.25, 0.3) is 5.69 Å². The smallest absolute Gasteiger partial charge is 0.277 e. The summed E-state index contributed by atoms with van der Waals surface area (Å²) in [7, 11) is 1.61. The second-order valence-electron chi connectivity index (χ2n) is 5.20. The highest BCUT2D eigenvalue weighted by molar-refractivity contribution is 7.80. The molecule has 120 valence electrons. The molecule has 5 heteroatoms. The van der Waals surface area contributed by atoms with Crippen molar-refractivity contribution in [3.8, 4) is 28.0 Å². The normalized spacial score (nSPS) is 10.4. The highest BCUT2D eigenvalue weighted by Crippen LogP contribution is 2.40. The molecule has 0 unspecified atom stereocenters. The molecule has 0 aliphatic heterocycles. The van der Waals surface area contributed by atoms with Crippen molar-refractivity contribution < 1.29 is 9.66 Å². The molecule has 0 bridgehead atoms. The molecule has 3 rings (SSSR count). The quantitative estimate of drug-likeness (QED) is 0.403. The van der Waals surface area contributed by atoms with E-state index in [9.17, 15) is 10.1 Å². The minimum Gasteiger partial charge on any atom is -0.497 e. The van der Waals surface area contributed by atoms with Gasteiger partial charge in [0.2, 0.25) is 0 Å². The van der Waals surface area contributed by atoms with Gasteiger partial charge in [-0.25, -0.2) is 0 Å². The number of methoxy groups -OCH3 is 1. The molecule has 0 atom stereocenters. The Kier molecular flexibility index (Phi) is 4.53. The van der Waals surface area contributed by atoms with Gasteiger partial charge in [0.1, 0.15) is 5.75 Å². The van der Waals surface area contributed by atoms with Gasteiger partial charge in [-0.2, -0.15) is 0 Å². The average molecular weight is 337 g/mol. The summed E-state index contributed by atoms with van der Waals surface area (Å²) in [4.78, 5) is 11.7. The third-order valence-corrected chi connectivity index (χ3v) is 4.19. The maximum absolute atomic E-state index is 11.4.